The Morgan fingerprint density at radius 3 is 0.747 bits per heavy atom. The number of aliphatic hydroxyl groups is 1. The van der Waals surface area contributed by atoms with Crippen LogP contribution in [-0.4, -0.2) is 96.7 Å². The maximum atomic E-state index is 13.0. The van der Waals surface area contributed by atoms with Gasteiger partial charge in [-0.3, -0.25) is 37.3 Å². The van der Waals surface area contributed by atoms with Crippen molar-refractivity contribution in [3.8, 4) is 0 Å². The highest BCUT2D eigenvalue weighted by atomic mass is 31.2. The molecule has 0 bridgehead atoms. The average Bonchev–Trinajstić information content (AvgIpc) is 3.57. The number of unbranched alkanes of at least 4 members (excludes halogenated alkanes) is 44. The lowest BCUT2D eigenvalue weighted by atomic mass is 10.0. The van der Waals surface area contributed by atoms with E-state index < -0.39 is 97.5 Å². The highest BCUT2D eigenvalue weighted by molar-refractivity contribution is 7.47. The Morgan fingerprint density at radius 2 is 0.505 bits per heavy atom. The molecule has 0 fully saturated rings. The van der Waals surface area contributed by atoms with Gasteiger partial charge in [-0.25, -0.2) is 9.13 Å². The molecule has 0 aliphatic heterocycles. The molecule has 0 aliphatic carbocycles. The number of ether oxygens (including phenoxy) is 4. The van der Waals surface area contributed by atoms with Crippen LogP contribution in [0, 0.1) is 5.92 Å². The maximum Gasteiger partial charge on any atom is 0.472 e. The normalized spacial score (nSPS) is 14.0. The number of phosphoric ester groups is 2. The highest BCUT2D eigenvalue weighted by Gasteiger charge is 2.30. The van der Waals surface area contributed by atoms with Crippen molar-refractivity contribution >= 4 is 39.5 Å². The Balaban J connectivity index is 5.14. The summed E-state index contributed by atoms with van der Waals surface area (Å²) in [5, 5.41) is 10.6. The lowest BCUT2D eigenvalue weighted by Crippen LogP contribution is -2.30. The van der Waals surface area contributed by atoms with E-state index in [2.05, 4.69) is 34.6 Å². The van der Waals surface area contributed by atoms with Crippen LogP contribution in [0.4, 0.5) is 0 Å². The van der Waals surface area contributed by atoms with E-state index >= 15 is 0 Å². The zero-order chi connectivity index (χ0) is 67.0. The van der Waals surface area contributed by atoms with E-state index in [0.29, 0.717) is 25.7 Å². The summed E-state index contributed by atoms with van der Waals surface area (Å²) in [5.74, 6) is -1.30. The number of rotatable bonds is 72. The van der Waals surface area contributed by atoms with Crippen LogP contribution in [0.5, 0.6) is 0 Å². The third-order valence-electron chi connectivity index (χ3n) is 16.8. The fourth-order valence-corrected chi connectivity index (χ4v) is 12.6. The molecule has 17 nitrogen and oxygen atoms in total. The van der Waals surface area contributed by atoms with Gasteiger partial charge in [-0.1, -0.05) is 324 Å². The second kappa shape index (κ2) is 65.4. The van der Waals surface area contributed by atoms with Crippen molar-refractivity contribution in [2.75, 3.05) is 39.6 Å². The lowest BCUT2D eigenvalue weighted by Gasteiger charge is -2.21. The summed E-state index contributed by atoms with van der Waals surface area (Å²) in [7, 11) is -9.89. The number of hydrogen-bond acceptors (Lipinski definition) is 15. The molecule has 0 heterocycles. The molecule has 0 aromatic heterocycles. The summed E-state index contributed by atoms with van der Waals surface area (Å²) in [6.45, 7) is 7.25. The molecule has 3 N–H and O–H groups in total. The summed E-state index contributed by atoms with van der Waals surface area (Å²) >= 11 is 0. The van der Waals surface area contributed by atoms with Crippen molar-refractivity contribution in [2.24, 2.45) is 5.92 Å². The number of aliphatic hydroxyl groups excluding tert-OH is 1. The smallest absolute Gasteiger partial charge is 0.462 e. The minimum absolute atomic E-state index is 0.106. The molecule has 0 spiro atoms. The Labute approximate surface area is 556 Å². The molecule has 19 heteroatoms. The van der Waals surface area contributed by atoms with Crippen molar-refractivity contribution in [3.05, 3.63) is 0 Å². The largest absolute Gasteiger partial charge is 0.472 e. The van der Waals surface area contributed by atoms with Gasteiger partial charge in [-0.05, 0) is 31.6 Å². The fraction of sp³-hybridized carbons (Fsp3) is 0.944. The summed E-state index contributed by atoms with van der Waals surface area (Å²) < 4.78 is 68.2. The minimum Gasteiger partial charge on any atom is -0.462 e. The molecular weight excluding hydrogens is 1200 g/mol. The van der Waals surface area contributed by atoms with Crippen LogP contribution in [0.25, 0.3) is 0 Å². The highest BCUT2D eigenvalue weighted by Crippen LogP contribution is 2.45. The summed E-state index contributed by atoms with van der Waals surface area (Å²) in [4.78, 5) is 72.4. The van der Waals surface area contributed by atoms with Gasteiger partial charge in [-0.2, -0.15) is 0 Å². The summed E-state index contributed by atoms with van der Waals surface area (Å²) in [5.41, 5.74) is 0. The maximum absolute atomic E-state index is 13.0. The molecule has 0 rings (SSSR count). The SMILES string of the molecule is CCCCCCCCCCCCCCCC(=O)OC[C@H](COP(=O)(O)OC[C@@H](O)COP(=O)(O)OC[C@@H](COC(=O)CCCCCCCCC)OC(=O)CCCCCCCCCCCC)OC(=O)CCCCCCCCCCCCCCCCCCCCC(C)C. The van der Waals surface area contributed by atoms with Gasteiger partial charge < -0.3 is 33.8 Å². The van der Waals surface area contributed by atoms with Gasteiger partial charge in [0.15, 0.2) is 12.2 Å². The first-order valence-electron chi connectivity index (χ1n) is 37.6. The van der Waals surface area contributed by atoms with E-state index in [0.717, 1.165) is 109 Å². The van der Waals surface area contributed by atoms with Gasteiger partial charge in [0.05, 0.1) is 26.4 Å². The standard InChI is InChI=1S/C72H140O17P2/c1-6-9-12-15-18-20-22-29-33-37-41-46-51-56-70(75)83-62-68(89-72(77)58-53-48-43-38-34-31-28-26-24-23-25-27-30-32-35-40-44-49-54-65(4)5)64-87-91(80,81)85-60-66(73)59-84-90(78,79)86-63-67(61-82-69(74)55-50-45-39-17-14-11-8-3)88-71(76)57-52-47-42-36-21-19-16-13-10-7-2/h65-68,73H,6-64H2,1-5H3,(H,78,79)(H,80,81)/t66-,67+,68+/m0/s1. The number of carbonyl (C=O) groups excluding carboxylic acids is 4. The molecule has 0 saturated heterocycles. The van der Waals surface area contributed by atoms with Crippen molar-refractivity contribution < 1.29 is 80.2 Å². The van der Waals surface area contributed by atoms with Crippen LogP contribution in [0.1, 0.15) is 375 Å². The van der Waals surface area contributed by atoms with E-state index in [1.165, 1.54) is 186 Å². The van der Waals surface area contributed by atoms with Gasteiger partial charge >= 0.3 is 39.5 Å². The molecule has 2 unspecified atom stereocenters. The summed E-state index contributed by atoms with van der Waals surface area (Å²) in [6.07, 6.45) is 52.9. The second-order valence-electron chi connectivity index (χ2n) is 26.5. The fourth-order valence-electron chi connectivity index (χ4n) is 11.0. The molecule has 0 aliphatic rings. The quantitative estimate of drug-likeness (QED) is 0.0222. The summed E-state index contributed by atoms with van der Waals surface area (Å²) in [6, 6.07) is 0. The molecule has 540 valence electrons. The Kier molecular flexibility index (Phi) is 64.0. The van der Waals surface area contributed by atoms with E-state index in [1.807, 2.05) is 0 Å². The van der Waals surface area contributed by atoms with E-state index in [9.17, 15) is 43.2 Å². The Morgan fingerprint density at radius 1 is 0.297 bits per heavy atom. The topological polar surface area (TPSA) is 237 Å². The Bertz CT molecular complexity index is 1750. The van der Waals surface area contributed by atoms with Crippen molar-refractivity contribution in [1.29, 1.82) is 0 Å². The predicted molar refractivity (Wildman–Crippen MR) is 368 cm³/mol. The monoisotopic (exact) mass is 1340 g/mol. The number of esters is 4. The first-order chi connectivity index (χ1) is 44.0. The third kappa shape index (κ3) is 66.5. The van der Waals surface area contributed by atoms with Gasteiger partial charge in [-0.15, -0.1) is 0 Å². The molecule has 0 aromatic carbocycles. The van der Waals surface area contributed by atoms with Crippen LogP contribution >= 0.6 is 15.6 Å². The predicted octanol–water partition coefficient (Wildman–Crippen LogP) is 20.9. The molecule has 0 amide bonds. The Hall–Kier alpha value is -1.94. The van der Waals surface area contributed by atoms with Crippen LogP contribution in [0.2, 0.25) is 0 Å². The lowest BCUT2D eigenvalue weighted by molar-refractivity contribution is -0.161. The zero-order valence-electron chi connectivity index (χ0n) is 59.0. The van der Waals surface area contributed by atoms with Gasteiger partial charge in [0.25, 0.3) is 0 Å². The zero-order valence-corrected chi connectivity index (χ0v) is 60.8. The number of hydrogen-bond donors (Lipinski definition) is 3. The van der Waals surface area contributed by atoms with E-state index in [1.54, 1.807) is 0 Å². The van der Waals surface area contributed by atoms with Crippen LogP contribution < -0.4 is 0 Å². The van der Waals surface area contributed by atoms with Crippen LogP contribution in [0.15, 0.2) is 0 Å². The van der Waals surface area contributed by atoms with E-state index in [-0.39, 0.29) is 25.7 Å². The minimum atomic E-state index is -4.95. The average molecular weight is 1340 g/mol. The van der Waals surface area contributed by atoms with E-state index in [4.69, 9.17) is 37.0 Å². The molecule has 91 heavy (non-hydrogen) atoms. The molecule has 0 saturated carbocycles. The molecule has 5 atom stereocenters. The second-order valence-corrected chi connectivity index (χ2v) is 29.4. The third-order valence-corrected chi connectivity index (χ3v) is 18.7. The molecule has 0 aromatic rings. The van der Waals surface area contributed by atoms with Crippen molar-refractivity contribution in [3.63, 3.8) is 0 Å². The first kappa shape index (κ1) is 89.1. The molecular formula is C72H140O17P2. The first-order valence-corrected chi connectivity index (χ1v) is 40.6. The number of carbonyl (C=O) groups is 4. The van der Waals surface area contributed by atoms with Gasteiger partial charge in [0, 0.05) is 25.7 Å². The van der Waals surface area contributed by atoms with Gasteiger partial charge in [0.1, 0.15) is 19.3 Å². The van der Waals surface area contributed by atoms with Crippen molar-refractivity contribution in [1.82, 2.24) is 0 Å². The van der Waals surface area contributed by atoms with Crippen LogP contribution in [0.3, 0.4) is 0 Å². The number of phosphoric acid groups is 2. The van der Waals surface area contributed by atoms with Crippen LogP contribution in [-0.2, 0) is 65.4 Å². The molecule has 0 radical (unpaired) electrons. The van der Waals surface area contributed by atoms with Crippen molar-refractivity contribution in [2.45, 2.75) is 393 Å². The van der Waals surface area contributed by atoms with Gasteiger partial charge in [0.2, 0.25) is 0 Å².